The molecule has 29 heavy (non-hydrogen) atoms. The van der Waals surface area contributed by atoms with E-state index in [9.17, 15) is 19.2 Å². The number of aromatic amines is 1. The topological polar surface area (TPSA) is 200 Å². The third-order valence-corrected chi connectivity index (χ3v) is 3.91. The molecule has 12 nitrogen and oxygen atoms in total. The van der Waals surface area contributed by atoms with Gasteiger partial charge >= 0.3 is 5.97 Å². The molecule has 0 aromatic carbocycles. The highest BCUT2D eigenvalue weighted by Gasteiger charge is 2.27. The van der Waals surface area contributed by atoms with Crippen molar-refractivity contribution >= 4 is 23.7 Å². The average molecular weight is 412 g/mol. The maximum absolute atomic E-state index is 12.3. The highest BCUT2D eigenvalue weighted by molar-refractivity contribution is 5.92. The van der Waals surface area contributed by atoms with Crippen LogP contribution in [0, 0.1) is 5.92 Å². The second-order valence-electron chi connectivity index (χ2n) is 6.94. The number of aliphatic hydroxyl groups excluding tert-OH is 1. The Morgan fingerprint density at radius 3 is 2.38 bits per heavy atom. The molecule has 3 unspecified atom stereocenters. The van der Waals surface area contributed by atoms with Crippen molar-refractivity contribution in [3.05, 3.63) is 18.2 Å². The lowest BCUT2D eigenvalue weighted by Crippen LogP contribution is -2.54. The number of carboxylic acid groups (broad SMARTS) is 1. The van der Waals surface area contributed by atoms with Crippen LogP contribution in [0.3, 0.4) is 0 Å². The van der Waals surface area contributed by atoms with E-state index in [-0.39, 0.29) is 18.8 Å². The van der Waals surface area contributed by atoms with Crippen LogP contribution in [0.4, 0.5) is 0 Å². The van der Waals surface area contributed by atoms with E-state index in [2.05, 4.69) is 25.9 Å². The predicted octanol–water partition coefficient (Wildman–Crippen LogP) is -2.51. The molecular formula is C17H28N6O6. The number of nitrogens with two attached hydrogens (primary N) is 1. The summed E-state index contributed by atoms with van der Waals surface area (Å²) < 4.78 is 0. The number of H-pyrrole nitrogens is 1. The Kier molecular flexibility index (Phi) is 9.75. The molecule has 0 radical (unpaired) electrons. The van der Waals surface area contributed by atoms with Gasteiger partial charge in [0.05, 0.1) is 25.5 Å². The predicted molar refractivity (Wildman–Crippen MR) is 101 cm³/mol. The number of aromatic nitrogens is 2. The summed E-state index contributed by atoms with van der Waals surface area (Å²) >= 11 is 0. The maximum atomic E-state index is 12.3. The summed E-state index contributed by atoms with van der Waals surface area (Å²) in [6.45, 7) is 2.46. The summed E-state index contributed by atoms with van der Waals surface area (Å²) in [5.74, 6) is -3.31. The lowest BCUT2D eigenvalue weighted by Gasteiger charge is -2.22. The van der Waals surface area contributed by atoms with E-state index >= 15 is 0 Å². The minimum absolute atomic E-state index is 0.0147. The number of carbonyl (C=O) groups excluding carboxylic acids is 3. The molecule has 162 valence electrons. The molecule has 1 aromatic rings. The van der Waals surface area contributed by atoms with Crippen molar-refractivity contribution in [2.24, 2.45) is 11.7 Å². The van der Waals surface area contributed by atoms with Crippen LogP contribution in [0.25, 0.3) is 0 Å². The van der Waals surface area contributed by atoms with Crippen molar-refractivity contribution in [2.75, 3.05) is 13.2 Å². The van der Waals surface area contributed by atoms with Crippen molar-refractivity contribution in [3.8, 4) is 0 Å². The first-order valence-electron chi connectivity index (χ1n) is 9.08. The zero-order chi connectivity index (χ0) is 22.0. The van der Waals surface area contributed by atoms with E-state index < -0.39 is 55.0 Å². The number of carboxylic acids is 1. The third-order valence-electron chi connectivity index (χ3n) is 3.91. The Hall–Kier alpha value is -2.99. The summed E-state index contributed by atoms with van der Waals surface area (Å²) in [7, 11) is 0. The van der Waals surface area contributed by atoms with Crippen molar-refractivity contribution in [1.82, 2.24) is 25.9 Å². The standard InChI is InChI=1S/C17H28N6O6/c1-9(2)3-12(16(27)23-13(7-24)17(28)29)22-14(25)6-20-15(26)11(18)4-10-5-19-8-21-10/h5,8-9,11-13,24H,3-4,6-7,18H2,1-2H3,(H,19,21)(H,20,26)(H,22,25)(H,23,27)(H,28,29). The molecule has 0 spiro atoms. The largest absolute Gasteiger partial charge is 0.480 e. The molecule has 8 N–H and O–H groups in total. The summed E-state index contributed by atoms with van der Waals surface area (Å²) in [6.07, 6.45) is 3.44. The number of imidazole rings is 1. The molecule has 0 bridgehead atoms. The summed E-state index contributed by atoms with van der Waals surface area (Å²) in [4.78, 5) is 54.0. The van der Waals surface area contributed by atoms with Crippen molar-refractivity contribution in [1.29, 1.82) is 0 Å². The van der Waals surface area contributed by atoms with Crippen LogP contribution >= 0.6 is 0 Å². The SMILES string of the molecule is CC(C)CC(NC(=O)CNC(=O)C(N)Cc1cnc[nH]1)C(=O)NC(CO)C(=O)O. The molecular weight excluding hydrogens is 384 g/mol. The number of hydrogen-bond acceptors (Lipinski definition) is 7. The number of nitrogens with one attached hydrogen (secondary N) is 4. The number of carbonyl (C=O) groups is 4. The zero-order valence-corrected chi connectivity index (χ0v) is 16.3. The van der Waals surface area contributed by atoms with E-state index in [1.165, 1.54) is 12.5 Å². The van der Waals surface area contributed by atoms with Crippen molar-refractivity contribution in [2.45, 2.75) is 44.8 Å². The molecule has 0 saturated heterocycles. The third kappa shape index (κ3) is 8.70. The molecule has 0 aliphatic heterocycles. The van der Waals surface area contributed by atoms with E-state index in [0.717, 1.165) is 0 Å². The molecule has 0 fully saturated rings. The lowest BCUT2D eigenvalue weighted by molar-refractivity contribution is -0.143. The average Bonchev–Trinajstić information content (AvgIpc) is 3.15. The quantitative estimate of drug-likeness (QED) is 0.195. The second kappa shape index (κ2) is 11.8. The van der Waals surface area contributed by atoms with Gasteiger partial charge in [0, 0.05) is 18.3 Å². The number of rotatable bonds is 12. The molecule has 0 aliphatic carbocycles. The fourth-order valence-corrected chi connectivity index (χ4v) is 2.43. The molecule has 0 saturated carbocycles. The van der Waals surface area contributed by atoms with Crippen LogP contribution in [-0.2, 0) is 25.6 Å². The normalized spacial score (nSPS) is 14.0. The van der Waals surface area contributed by atoms with Gasteiger partial charge in [-0.05, 0) is 12.3 Å². The molecule has 3 amide bonds. The first kappa shape index (κ1) is 24.0. The number of amides is 3. The fraction of sp³-hybridized carbons (Fsp3) is 0.588. The first-order chi connectivity index (χ1) is 13.6. The van der Waals surface area contributed by atoms with E-state index in [0.29, 0.717) is 5.69 Å². The van der Waals surface area contributed by atoms with Gasteiger partial charge in [-0.15, -0.1) is 0 Å². The van der Waals surface area contributed by atoms with Gasteiger partial charge in [-0.2, -0.15) is 0 Å². The number of aliphatic carboxylic acids is 1. The van der Waals surface area contributed by atoms with Crippen LogP contribution < -0.4 is 21.7 Å². The second-order valence-corrected chi connectivity index (χ2v) is 6.94. The Morgan fingerprint density at radius 1 is 1.17 bits per heavy atom. The van der Waals surface area contributed by atoms with E-state index in [4.69, 9.17) is 15.9 Å². The van der Waals surface area contributed by atoms with Gasteiger partial charge in [0.1, 0.15) is 12.1 Å². The van der Waals surface area contributed by atoms with E-state index in [1.807, 2.05) is 13.8 Å². The van der Waals surface area contributed by atoms with Crippen LogP contribution in [0.15, 0.2) is 12.5 Å². The Morgan fingerprint density at radius 2 is 1.86 bits per heavy atom. The van der Waals surface area contributed by atoms with Crippen molar-refractivity contribution < 1.29 is 29.4 Å². The number of hydrogen-bond donors (Lipinski definition) is 7. The van der Waals surface area contributed by atoms with Gasteiger partial charge in [-0.1, -0.05) is 13.8 Å². The lowest BCUT2D eigenvalue weighted by atomic mass is 10.0. The first-order valence-corrected chi connectivity index (χ1v) is 9.08. The molecule has 1 heterocycles. The summed E-state index contributed by atoms with van der Waals surface area (Å²) in [5, 5.41) is 25.0. The van der Waals surface area contributed by atoms with Gasteiger partial charge in [-0.25, -0.2) is 9.78 Å². The van der Waals surface area contributed by atoms with Gasteiger partial charge in [0.15, 0.2) is 0 Å². The maximum Gasteiger partial charge on any atom is 0.328 e. The Labute approximate surface area is 167 Å². The van der Waals surface area contributed by atoms with Gasteiger partial charge < -0.3 is 36.9 Å². The number of aliphatic hydroxyl groups is 1. The highest BCUT2D eigenvalue weighted by Crippen LogP contribution is 2.05. The fourth-order valence-electron chi connectivity index (χ4n) is 2.43. The molecule has 1 rings (SSSR count). The Balaban J connectivity index is 2.57. The van der Waals surface area contributed by atoms with E-state index in [1.54, 1.807) is 0 Å². The van der Waals surface area contributed by atoms with Crippen LogP contribution in [-0.4, -0.2) is 75.1 Å². The summed E-state index contributed by atoms with van der Waals surface area (Å²) in [5.41, 5.74) is 6.44. The molecule has 0 aliphatic rings. The smallest absolute Gasteiger partial charge is 0.328 e. The van der Waals surface area contributed by atoms with Gasteiger partial charge in [-0.3, -0.25) is 14.4 Å². The minimum Gasteiger partial charge on any atom is -0.480 e. The highest BCUT2D eigenvalue weighted by atomic mass is 16.4. The Bertz CT molecular complexity index is 693. The van der Waals surface area contributed by atoms with Crippen molar-refractivity contribution in [3.63, 3.8) is 0 Å². The zero-order valence-electron chi connectivity index (χ0n) is 16.3. The van der Waals surface area contributed by atoms with Crippen LogP contribution in [0.5, 0.6) is 0 Å². The monoisotopic (exact) mass is 412 g/mol. The molecule has 3 atom stereocenters. The number of nitrogens with zero attached hydrogens (tertiary/aromatic N) is 1. The molecule has 12 heteroatoms. The van der Waals surface area contributed by atoms with Crippen LogP contribution in [0.2, 0.25) is 0 Å². The van der Waals surface area contributed by atoms with Crippen LogP contribution in [0.1, 0.15) is 26.0 Å². The summed E-state index contributed by atoms with van der Waals surface area (Å²) in [6, 6.07) is -3.39. The van der Waals surface area contributed by atoms with Gasteiger partial charge in [0.25, 0.3) is 0 Å². The molecule has 1 aromatic heterocycles. The van der Waals surface area contributed by atoms with Gasteiger partial charge in [0.2, 0.25) is 17.7 Å². The minimum atomic E-state index is -1.48.